The van der Waals surface area contributed by atoms with Crippen LogP contribution in [0.15, 0.2) is 30.3 Å². The second-order valence-electron chi connectivity index (χ2n) is 3.95. The molecule has 4 nitrogen and oxygen atoms in total. The number of benzene rings is 1. The van der Waals surface area contributed by atoms with Crippen LogP contribution in [-0.2, 0) is 16.1 Å². The smallest absolute Gasteiger partial charge is 0.311 e. The average molecular weight is 269 g/mol. The number of hydrogen-bond acceptors (Lipinski definition) is 2. The van der Waals surface area contributed by atoms with Crippen molar-refractivity contribution in [1.29, 1.82) is 0 Å². The minimum absolute atomic E-state index is 0.419. The predicted octanol–water partition coefficient (Wildman–Crippen LogP) is 1.39. The fraction of sp³-hybridized carbons (Fsp3) is 0.385. The van der Waals surface area contributed by atoms with Crippen LogP contribution in [0.5, 0.6) is 0 Å². The zero-order valence-corrected chi connectivity index (χ0v) is 11.1. The summed E-state index contributed by atoms with van der Waals surface area (Å²) in [6, 6.07) is 9.52. The molecule has 0 unspecified atom stereocenters. The molecule has 0 aromatic heterocycles. The van der Waals surface area contributed by atoms with E-state index in [-0.39, 0.29) is 0 Å². The number of amides is 2. The number of likely N-dealkylation sites (N-methyl/N-ethyl adjacent to an activating group) is 1. The lowest BCUT2D eigenvalue weighted by molar-refractivity contribution is -0.145. The van der Waals surface area contributed by atoms with Crippen LogP contribution in [0.3, 0.4) is 0 Å². The Kier molecular flexibility index (Phi) is 6.22. The largest absolute Gasteiger partial charge is 0.348 e. The van der Waals surface area contributed by atoms with Gasteiger partial charge >= 0.3 is 11.8 Å². The number of carbonyl (C=O) groups excluding carboxylic acids is 2. The lowest BCUT2D eigenvalue weighted by Crippen LogP contribution is -2.41. The van der Waals surface area contributed by atoms with Gasteiger partial charge in [0.15, 0.2) is 0 Å². The highest BCUT2D eigenvalue weighted by atomic mass is 35.5. The summed E-state index contributed by atoms with van der Waals surface area (Å²) in [5, 5.41) is 2.54. The molecule has 1 rings (SSSR count). The monoisotopic (exact) mass is 268 g/mol. The Labute approximate surface area is 112 Å². The number of carbonyl (C=O) groups is 2. The summed E-state index contributed by atoms with van der Waals surface area (Å²) in [4.78, 5) is 24.6. The summed E-state index contributed by atoms with van der Waals surface area (Å²) in [5.41, 5.74) is 0.988. The first-order chi connectivity index (χ1) is 8.65. The normalized spacial score (nSPS) is 9.89. The summed E-state index contributed by atoms with van der Waals surface area (Å²) >= 11 is 5.49. The van der Waals surface area contributed by atoms with Gasteiger partial charge < -0.3 is 10.2 Å². The molecular formula is C13H17ClN2O2. The first-order valence-corrected chi connectivity index (χ1v) is 6.31. The van der Waals surface area contributed by atoms with E-state index in [9.17, 15) is 9.59 Å². The molecule has 5 heteroatoms. The maximum atomic E-state index is 11.7. The van der Waals surface area contributed by atoms with Crippen molar-refractivity contribution in [2.75, 3.05) is 19.5 Å². The van der Waals surface area contributed by atoms with Crippen molar-refractivity contribution >= 4 is 23.4 Å². The molecule has 0 heterocycles. The lowest BCUT2D eigenvalue weighted by atomic mass is 10.2. The maximum Gasteiger partial charge on any atom is 0.311 e. The van der Waals surface area contributed by atoms with Crippen molar-refractivity contribution in [1.82, 2.24) is 10.2 Å². The van der Waals surface area contributed by atoms with Crippen molar-refractivity contribution in [3.05, 3.63) is 35.9 Å². The summed E-state index contributed by atoms with van der Waals surface area (Å²) in [6.07, 6.45) is 0.656. The van der Waals surface area contributed by atoms with Gasteiger partial charge in [0.05, 0.1) is 0 Å². The van der Waals surface area contributed by atoms with Gasteiger partial charge in [-0.1, -0.05) is 30.3 Å². The van der Waals surface area contributed by atoms with Crippen molar-refractivity contribution < 1.29 is 9.59 Å². The number of nitrogens with one attached hydrogen (secondary N) is 1. The molecule has 2 amide bonds. The van der Waals surface area contributed by atoms with E-state index in [1.807, 2.05) is 30.3 Å². The van der Waals surface area contributed by atoms with Crippen molar-refractivity contribution in [2.24, 2.45) is 0 Å². The van der Waals surface area contributed by atoms with Crippen LogP contribution in [0.1, 0.15) is 12.0 Å². The second-order valence-corrected chi connectivity index (χ2v) is 4.32. The van der Waals surface area contributed by atoms with E-state index in [1.165, 1.54) is 4.90 Å². The standard InChI is InChI=1S/C13H17ClN2O2/c1-16(10-11-6-3-2-4-7-11)13(18)12(17)15-9-5-8-14/h2-4,6-7H,5,8-10H2,1H3,(H,15,17). The minimum atomic E-state index is -0.585. The maximum absolute atomic E-state index is 11.7. The number of rotatable bonds is 5. The van der Waals surface area contributed by atoms with Crippen molar-refractivity contribution in [3.8, 4) is 0 Å². The van der Waals surface area contributed by atoms with Gasteiger partial charge in [0.1, 0.15) is 0 Å². The Morgan fingerprint density at radius 3 is 2.56 bits per heavy atom. The lowest BCUT2D eigenvalue weighted by Gasteiger charge is -2.16. The van der Waals surface area contributed by atoms with Gasteiger partial charge in [-0.05, 0) is 12.0 Å². The third kappa shape index (κ3) is 4.75. The molecule has 0 fully saturated rings. The van der Waals surface area contributed by atoms with Gasteiger partial charge in [0.25, 0.3) is 0 Å². The Morgan fingerprint density at radius 1 is 1.28 bits per heavy atom. The Morgan fingerprint density at radius 2 is 1.94 bits per heavy atom. The Bertz CT molecular complexity index is 395. The van der Waals surface area contributed by atoms with Gasteiger partial charge in [0.2, 0.25) is 0 Å². The molecule has 0 atom stereocenters. The first-order valence-electron chi connectivity index (χ1n) is 5.78. The van der Waals surface area contributed by atoms with E-state index in [4.69, 9.17) is 11.6 Å². The van der Waals surface area contributed by atoms with Crippen molar-refractivity contribution in [3.63, 3.8) is 0 Å². The topological polar surface area (TPSA) is 49.4 Å². The molecule has 1 aromatic carbocycles. The minimum Gasteiger partial charge on any atom is -0.348 e. The molecule has 1 N–H and O–H groups in total. The fourth-order valence-electron chi connectivity index (χ4n) is 1.45. The third-order valence-electron chi connectivity index (χ3n) is 2.40. The fourth-order valence-corrected chi connectivity index (χ4v) is 1.58. The van der Waals surface area contributed by atoms with Crippen LogP contribution in [0.2, 0.25) is 0 Å². The van der Waals surface area contributed by atoms with Crippen LogP contribution < -0.4 is 5.32 Å². The second kappa shape index (κ2) is 7.71. The highest BCUT2D eigenvalue weighted by Crippen LogP contribution is 2.02. The van der Waals surface area contributed by atoms with Gasteiger partial charge in [-0.15, -0.1) is 11.6 Å². The van der Waals surface area contributed by atoms with E-state index in [2.05, 4.69) is 5.32 Å². The molecule has 0 radical (unpaired) electrons. The average Bonchev–Trinajstić information content (AvgIpc) is 2.39. The quantitative estimate of drug-likeness (QED) is 0.498. The summed E-state index contributed by atoms with van der Waals surface area (Å²) in [7, 11) is 1.61. The highest BCUT2D eigenvalue weighted by Gasteiger charge is 2.17. The summed E-state index contributed by atoms with van der Waals surface area (Å²) in [6.45, 7) is 0.843. The molecule has 0 spiro atoms. The summed E-state index contributed by atoms with van der Waals surface area (Å²) in [5.74, 6) is -0.652. The molecule has 1 aromatic rings. The van der Waals surface area contributed by atoms with Crippen LogP contribution in [-0.4, -0.2) is 36.2 Å². The summed E-state index contributed by atoms with van der Waals surface area (Å²) < 4.78 is 0. The van der Waals surface area contributed by atoms with Gasteiger partial charge in [-0.3, -0.25) is 9.59 Å². The van der Waals surface area contributed by atoms with Gasteiger partial charge in [-0.2, -0.15) is 0 Å². The molecule has 98 valence electrons. The third-order valence-corrected chi connectivity index (χ3v) is 2.67. The van der Waals surface area contributed by atoms with E-state index >= 15 is 0 Å². The highest BCUT2D eigenvalue weighted by molar-refractivity contribution is 6.34. The number of alkyl halides is 1. The van der Waals surface area contributed by atoms with E-state index in [1.54, 1.807) is 7.05 Å². The first kappa shape index (κ1) is 14.5. The zero-order chi connectivity index (χ0) is 13.4. The van der Waals surface area contributed by atoms with E-state index in [0.717, 1.165) is 5.56 Å². The van der Waals surface area contributed by atoms with Gasteiger partial charge in [0, 0.05) is 26.0 Å². The zero-order valence-electron chi connectivity index (χ0n) is 10.4. The molecule has 0 aliphatic heterocycles. The molecule has 18 heavy (non-hydrogen) atoms. The van der Waals surface area contributed by atoms with E-state index in [0.29, 0.717) is 25.4 Å². The van der Waals surface area contributed by atoms with Crippen LogP contribution in [0, 0.1) is 0 Å². The molecule has 0 aliphatic carbocycles. The van der Waals surface area contributed by atoms with Gasteiger partial charge in [-0.25, -0.2) is 0 Å². The van der Waals surface area contributed by atoms with Crippen LogP contribution in [0.4, 0.5) is 0 Å². The Balaban J connectivity index is 2.43. The number of nitrogens with zero attached hydrogens (tertiary/aromatic N) is 1. The number of halogens is 1. The van der Waals surface area contributed by atoms with Crippen molar-refractivity contribution in [2.45, 2.75) is 13.0 Å². The molecule has 0 saturated carbocycles. The predicted molar refractivity (Wildman–Crippen MR) is 71.3 cm³/mol. The SMILES string of the molecule is CN(Cc1ccccc1)C(=O)C(=O)NCCCCl. The molecule has 0 aliphatic rings. The van der Waals surface area contributed by atoms with E-state index < -0.39 is 11.8 Å². The Hall–Kier alpha value is -1.55. The molecular weight excluding hydrogens is 252 g/mol. The van der Waals surface area contributed by atoms with Crippen LogP contribution >= 0.6 is 11.6 Å². The molecule has 0 bridgehead atoms. The van der Waals surface area contributed by atoms with Crippen LogP contribution in [0.25, 0.3) is 0 Å². The number of hydrogen-bond donors (Lipinski definition) is 1. The molecule has 0 saturated heterocycles.